The summed E-state index contributed by atoms with van der Waals surface area (Å²) < 4.78 is 6.63. The first-order chi connectivity index (χ1) is 34.2. The molecule has 320 valence electrons. The molecule has 0 unspecified atom stereocenters. The van der Waals surface area contributed by atoms with Crippen molar-refractivity contribution in [1.29, 1.82) is 0 Å². The highest BCUT2D eigenvalue weighted by Gasteiger charge is 2.20. The number of rotatable bonds is 6. The van der Waals surface area contributed by atoms with Gasteiger partial charge in [0.05, 0.1) is 34.3 Å². The summed E-state index contributed by atoms with van der Waals surface area (Å²) in [7, 11) is 0. The van der Waals surface area contributed by atoms with Crippen molar-refractivity contribution >= 4 is 76.1 Å². The van der Waals surface area contributed by atoms with Gasteiger partial charge in [0, 0.05) is 43.8 Å². The second-order valence-corrected chi connectivity index (χ2v) is 17.7. The molecule has 0 spiro atoms. The Balaban J connectivity index is 1.03. The molecule has 0 aliphatic rings. The third-order valence-electron chi connectivity index (χ3n) is 13.7. The molecule has 0 radical (unpaired) electrons. The number of fused-ring (bicyclic) bond motifs is 12. The van der Waals surface area contributed by atoms with Crippen molar-refractivity contribution in [2.75, 3.05) is 0 Å². The van der Waals surface area contributed by atoms with Crippen LogP contribution < -0.4 is 0 Å². The fourth-order valence-electron chi connectivity index (χ4n) is 10.4. The Morgan fingerprint density at radius 1 is 0.290 bits per heavy atom. The SMILES string of the molecule is c1ccc(-c2ccc3c(c2)oc2cccc(-c4cc(-c5ccccc5)nc(-c5cc(-c6cnc7c8ccccc8c8ccccc8c7n6)cc(-c6cc7ccccc7c7ccccc67)c5)n4)c23)cc1. The molecule has 0 aliphatic heterocycles. The van der Waals surface area contributed by atoms with E-state index in [9.17, 15) is 0 Å². The maximum atomic E-state index is 6.63. The van der Waals surface area contributed by atoms with Crippen molar-refractivity contribution in [2.24, 2.45) is 0 Å². The molecule has 14 rings (SSSR count). The molecule has 3 aromatic heterocycles. The Morgan fingerprint density at radius 2 is 0.899 bits per heavy atom. The van der Waals surface area contributed by atoms with Crippen LogP contribution in [0.1, 0.15) is 0 Å². The molecule has 0 atom stereocenters. The van der Waals surface area contributed by atoms with Gasteiger partial charge < -0.3 is 4.42 Å². The van der Waals surface area contributed by atoms with Gasteiger partial charge in [0.2, 0.25) is 0 Å². The predicted octanol–water partition coefficient (Wildman–Crippen LogP) is 16.9. The lowest BCUT2D eigenvalue weighted by atomic mass is 9.91. The van der Waals surface area contributed by atoms with Crippen LogP contribution in [0, 0.1) is 0 Å². The molecule has 0 saturated heterocycles. The number of aromatic nitrogens is 4. The van der Waals surface area contributed by atoms with Gasteiger partial charge in [0.25, 0.3) is 0 Å². The third-order valence-corrected chi connectivity index (χ3v) is 13.7. The maximum Gasteiger partial charge on any atom is 0.160 e. The van der Waals surface area contributed by atoms with E-state index in [1.807, 2.05) is 24.4 Å². The van der Waals surface area contributed by atoms with E-state index in [0.29, 0.717) is 5.82 Å². The number of furan rings is 1. The van der Waals surface area contributed by atoms with Gasteiger partial charge in [-0.1, -0.05) is 176 Å². The molecule has 0 N–H and O–H groups in total. The van der Waals surface area contributed by atoms with Crippen LogP contribution in [0.3, 0.4) is 0 Å². The topological polar surface area (TPSA) is 64.7 Å². The quantitative estimate of drug-likeness (QED) is 0.156. The smallest absolute Gasteiger partial charge is 0.160 e. The Hall–Kier alpha value is -9.32. The number of hydrogen-bond donors (Lipinski definition) is 0. The second-order valence-electron chi connectivity index (χ2n) is 17.7. The van der Waals surface area contributed by atoms with E-state index in [1.54, 1.807) is 0 Å². The highest BCUT2D eigenvalue weighted by Crippen LogP contribution is 2.42. The Morgan fingerprint density at radius 3 is 1.67 bits per heavy atom. The van der Waals surface area contributed by atoms with Gasteiger partial charge in [0.15, 0.2) is 5.82 Å². The number of nitrogens with zero attached hydrogens (tertiary/aromatic N) is 4. The standard InChI is InChI=1S/C64H38N4O/c1-3-16-39(17-4-1)41-30-31-54-60(36-41)69-59-29-15-28-53(61(54)59)57-37-56(40-18-5-2-6-19-40)67-64(68-57)45-33-43(55-35-42-20-7-8-21-46(42)47-22-9-10-25-50(47)55)32-44(34-45)58-38-65-62-51-26-13-11-23-48(51)49-24-12-14-27-52(49)63(62)66-58/h1-38H. The molecule has 0 amide bonds. The van der Waals surface area contributed by atoms with E-state index >= 15 is 0 Å². The first-order valence-corrected chi connectivity index (χ1v) is 23.3. The van der Waals surface area contributed by atoms with Gasteiger partial charge in [0.1, 0.15) is 11.2 Å². The average molecular weight is 879 g/mol. The summed E-state index contributed by atoms with van der Waals surface area (Å²) in [5.41, 5.74) is 13.9. The second kappa shape index (κ2) is 15.7. The fraction of sp³-hybridized carbons (Fsp3) is 0. The molecule has 11 aromatic carbocycles. The van der Waals surface area contributed by atoms with Crippen LogP contribution in [0.2, 0.25) is 0 Å². The van der Waals surface area contributed by atoms with Gasteiger partial charge >= 0.3 is 0 Å². The third kappa shape index (κ3) is 6.47. The Kier molecular flexibility index (Phi) is 8.83. The molecule has 0 saturated carbocycles. The van der Waals surface area contributed by atoms with Gasteiger partial charge in [-0.15, -0.1) is 0 Å². The zero-order valence-corrected chi connectivity index (χ0v) is 37.1. The lowest BCUT2D eigenvalue weighted by Gasteiger charge is -2.15. The lowest BCUT2D eigenvalue weighted by Crippen LogP contribution is -1.98. The summed E-state index contributed by atoms with van der Waals surface area (Å²) in [6.45, 7) is 0. The van der Waals surface area contributed by atoms with E-state index < -0.39 is 0 Å². The van der Waals surface area contributed by atoms with Gasteiger partial charge in [-0.05, 0) is 103 Å². The van der Waals surface area contributed by atoms with Crippen LogP contribution in [0.15, 0.2) is 235 Å². The maximum absolute atomic E-state index is 6.63. The minimum atomic E-state index is 0.598. The van der Waals surface area contributed by atoms with Crippen LogP contribution in [0.5, 0.6) is 0 Å². The van der Waals surface area contributed by atoms with Crippen LogP contribution in [0.25, 0.3) is 143 Å². The Labute approximate surface area is 396 Å². The highest BCUT2D eigenvalue weighted by atomic mass is 16.3. The zero-order valence-electron chi connectivity index (χ0n) is 37.1. The van der Waals surface area contributed by atoms with Crippen molar-refractivity contribution in [3.8, 4) is 67.4 Å². The number of benzene rings is 11. The molecular formula is C64H38N4O. The zero-order chi connectivity index (χ0) is 45.4. The molecule has 14 aromatic rings. The molecule has 0 bridgehead atoms. The van der Waals surface area contributed by atoms with E-state index in [0.717, 1.165) is 121 Å². The van der Waals surface area contributed by atoms with Crippen LogP contribution in [-0.2, 0) is 0 Å². The van der Waals surface area contributed by atoms with Crippen molar-refractivity contribution in [1.82, 2.24) is 19.9 Å². The molecule has 5 heteroatoms. The number of hydrogen-bond acceptors (Lipinski definition) is 5. The average Bonchev–Trinajstić information content (AvgIpc) is 3.81. The first kappa shape index (κ1) is 38.9. The van der Waals surface area contributed by atoms with Crippen LogP contribution in [-0.4, -0.2) is 19.9 Å². The minimum Gasteiger partial charge on any atom is -0.456 e. The summed E-state index contributed by atoms with van der Waals surface area (Å²) in [6.07, 6.45) is 1.92. The van der Waals surface area contributed by atoms with Crippen molar-refractivity contribution in [3.63, 3.8) is 0 Å². The lowest BCUT2D eigenvalue weighted by molar-refractivity contribution is 0.669. The minimum absolute atomic E-state index is 0.598. The predicted molar refractivity (Wildman–Crippen MR) is 285 cm³/mol. The van der Waals surface area contributed by atoms with Gasteiger partial charge in [-0.3, -0.25) is 4.98 Å². The van der Waals surface area contributed by atoms with Crippen LogP contribution in [0.4, 0.5) is 0 Å². The van der Waals surface area contributed by atoms with Gasteiger partial charge in [-0.25, -0.2) is 15.0 Å². The van der Waals surface area contributed by atoms with Gasteiger partial charge in [-0.2, -0.15) is 0 Å². The molecular weight excluding hydrogens is 841 g/mol. The Bertz CT molecular complexity index is 4330. The largest absolute Gasteiger partial charge is 0.456 e. The monoisotopic (exact) mass is 878 g/mol. The summed E-state index contributed by atoms with van der Waals surface area (Å²) >= 11 is 0. The summed E-state index contributed by atoms with van der Waals surface area (Å²) in [5, 5.41) is 11.3. The molecule has 5 nitrogen and oxygen atoms in total. The van der Waals surface area contributed by atoms with Crippen molar-refractivity contribution in [2.45, 2.75) is 0 Å². The molecule has 0 aliphatic carbocycles. The van der Waals surface area contributed by atoms with Crippen molar-refractivity contribution in [3.05, 3.63) is 231 Å². The highest BCUT2D eigenvalue weighted by molar-refractivity contribution is 6.23. The van der Waals surface area contributed by atoms with E-state index in [4.69, 9.17) is 24.4 Å². The molecule has 3 heterocycles. The molecule has 69 heavy (non-hydrogen) atoms. The normalized spacial score (nSPS) is 11.8. The van der Waals surface area contributed by atoms with Crippen molar-refractivity contribution < 1.29 is 4.42 Å². The van der Waals surface area contributed by atoms with E-state index in [1.165, 1.54) is 16.2 Å². The summed E-state index contributed by atoms with van der Waals surface area (Å²) in [5.74, 6) is 0.598. The first-order valence-electron chi connectivity index (χ1n) is 23.3. The van der Waals surface area contributed by atoms with E-state index in [2.05, 4.69) is 206 Å². The van der Waals surface area contributed by atoms with Crippen LogP contribution >= 0.6 is 0 Å². The summed E-state index contributed by atoms with van der Waals surface area (Å²) in [6, 6.07) is 78.9. The summed E-state index contributed by atoms with van der Waals surface area (Å²) in [4.78, 5) is 21.6. The fourth-order valence-corrected chi connectivity index (χ4v) is 10.4. The molecule has 0 fully saturated rings. The van der Waals surface area contributed by atoms with E-state index in [-0.39, 0.29) is 0 Å².